The first-order chi connectivity index (χ1) is 12.7. The van der Waals surface area contributed by atoms with Crippen LogP contribution in [0.4, 0.5) is 10.5 Å². The largest absolute Gasteiger partial charge is 0.506 e. The van der Waals surface area contributed by atoms with Crippen molar-refractivity contribution in [2.45, 2.75) is 13.8 Å². The van der Waals surface area contributed by atoms with E-state index in [1.54, 1.807) is 30.3 Å². The number of carbonyl (C=O) groups excluding carboxylic acids is 3. The number of benzene rings is 2. The summed E-state index contributed by atoms with van der Waals surface area (Å²) < 4.78 is 0.795. The number of hydrogen-bond donors (Lipinski definition) is 2. The Balaban J connectivity index is 2.06. The van der Waals surface area contributed by atoms with Crippen molar-refractivity contribution in [1.82, 2.24) is 5.32 Å². The minimum Gasteiger partial charge on any atom is -0.506 e. The number of nitrogens with one attached hydrogen (secondary N) is 1. The quantitative estimate of drug-likeness (QED) is 0.484. The van der Waals surface area contributed by atoms with E-state index in [4.69, 9.17) is 0 Å². The lowest BCUT2D eigenvalue weighted by Crippen LogP contribution is -2.54. The predicted molar refractivity (Wildman–Crippen MR) is 108 cm³/mol. The van der Waals surface area contributed by atoms with Gasteiger partial charge in [0.05, 0.1) is 14.6 Å². The third-order valence-electron chi connectivity index (χ3n) is 4.20. The Morgan fingerprint density at radius 2 is 1.63 bits per heavy atom. The van der Waals surface area contributed by atoms with Gasteiger partial charge in [-0.3, -0.25) is 14.9 Å². The van der Waals surface area contributed by atoms with Crippen molar-refractivity contribution in [3.05, 3.63) is 61.5 Å². The van der Waals surface area contributed by atoms with Crippen LogP contribution in [0.5, 0.6) is 5.75 Å². The minimum atomic E-state index is -0.793. The number of hydrogen-bond acceptors (Lipinski definition) is 4. The number of halogens is 2. The van der Waals surface area contributed by atoms with Crippen molar-refractivity contribution in [3.63, 3.8) is 0 Å². The molecule has 2 aromatic carbocycles. The maximum Gasteiger partial charge on any atom is 0.335 e. The molecule has 0 aromatic heterocycles. The zero-order valence-corrected chi connectivity index (χ0v) is 17.5. The van der Waals surface area contributed by atoms with E-state index in [-0.39, 0.29) is 11.3 Å². The first-order valence-corrected chi connectivity index (χ1v) is 9.44. The van der Waals surface area contributed by atoms with Gasteiger partial charge in [0.1, 0.15) is 11.3 Å². The van der Waals surface area contributed by atoms with Crippen LogP contribution in [-0.4, -0.2) is 23.0 Å². The summed E-state index contributed by atoms with van der Waals surface area (Å²) in [5.41, 5.74) is 2.64. The zero-order valence-electron chi connectivity index (χ0n) is 14.3. The molecule has 1 fully saturated rings. The smallest absolute Gasteiger partial charge is 0.335 e. The molecule has 0 saturated carbocycles. The molecule has 2 aromatic rings. The van der Waals surface area contributed by atoms with E-state index in [2.05, 4.69) is 37.2 Å². The van der Waals surface area contributed by atoms with Crippen molar-refractivity contribution in [2.24, 2.45) is 0 Å². The van der Waals surface area contributed by atoms with Crippen molar-refractivity contribution in [1.29, 1.82) is 0 Å². The van der Waals surface area contributed by atoms with Crippen LogP contribution in [0, 0.1) is 13.8 Å². The lowest BCUT2D eigenvalue weighted by Gasteiger charge is -2.26. The van der Waals surface area contributed by atoms with Gasteiger partial charge in [-0.15, -0.1) is 0 Å². The highest BCUT2D eigenvalue weighted by molar-refractivity contribution is 9.11. The summed E-state index contributed by atoms with van der Waals surface area (Å²) in [6, 6.07) is 7.50. The number of barbiturate groups is 1. The molecule has 138 valence electrons. The summed E-state index contributed by atoms with van der Waals surface area (Å²) in [6.07, 6.45) is 1.37. The molecule has 0 unspecified atom stereocenters. The topological polar surface area (TPSA) is 86.7 Å². The van der Waals surface area contributed by atoms with Crippen LogP contribution < -0.4 is 10.2 Å². The molecule has 0 atom stereocenters. The maximum atomic E-state index is 12.9. The number of aryl methyl sites for hydroxylation is 2. The average molecular weight is 494 g/mol. The van der Waals surface area contributed by atoms with Gasteiger partial charge in [0.15, 0.2) is 0 Å². The molecule has 0 spiro atoms. The molecule has 0 radical (unpaired) electrons. The second-order valence-corrected chi connectivity index (χ2v) is 7.77. The molecule has 8 heteroatoms. The van der Waals surface area contributed by atoms with Crippen molar-refractivity contribution < 1.29 is 19.5 Å². The first-order valence-electron chi connectivity index (χ1n) is 7.85. The van der Waals surface area contributed by atoms with E-state index >= 15 is 0 Å². The monoisotopic (exact) mass is 492 g/mol. The molecule has 4 amide bonds. The molecule has 1 aliphatic heterocycles. The molecule has 1 heterocycles. The zero-order chi connectivity index (χ0) is 19.9. The Morgan fingerprint density at radius 3 is 2.22 bits per heavy atom. The Morgan fingerprint density at radius 1 is 1.00 bits per heavy atom. The predicted octanol–water partition coefficient (Wildman–Crippen LogP) is 4.20. The number of phenolic OH excluding ortho intramolecular Hbond substituents is 1. The van der Waals surface area contributed by atoms with E-state index in [1.165, 1.54) is 6.08 Å². The highest BCUT2D eigenvalue weighted by Crippen LogP contribution is 2.34. The summed E-state index contributed by atoms with van der Waals surface area (Å²) in [7, 11) is 0. The summed E-state index contributed by atoms with van der Waals surface area (Å²) in [5.74, 6) is -1.48. The first kappa shape index (κ1) is 19.3. The summed E-state index contributed by atoms with van der Waals surface area (Å²) in [5, 5.41) is 12.0. The molecule has 2 N–H and O–H groups in total. The maximum absolute atomic E-state index is 12.9. The van der Waals surface area contributed by atoms with Gasteiger partial charge in [-0.2, -0.15) is 0 Å². The third-order valence-corrected chi connectivity index (χ3v) is 5.41. The van der Waals surface area contributed by atoms with Crippen LogP contribution in [0.3, 0.4) is 0 Å². The van der Waals surface area contributed by atoms with E-state index in [9.17, 15) is 19.5 Å². The third kappa shape index (κ3) is 3.68. The Hall–Kier alpha value is -2.45. The van der Waals surface area contributed by atoms with Gasteiger partial charge in [0.25, 0.3) is 11.8 Å². The minimum absolute atomic E-state index is 0.00325. The number of nitrogens with zero attached hydrogens (tertiary/aromatic N) is 1. The molecule has 6 nitrogen and oxygen atoms in total. The van der Waals surface area contributed by atoms with E-state index < -0.39 is 17.8 Å². The standard InChI is InChI=1S/C19H14Br2N2O4/c1-9-3-4-12(5-10(9)2)23-18(26)13(17(25)22-19(23)27)6-11-7-14(20)16(24)15(21)8-11/h3-8,24H,1-2H3,(H,22,25,27)/b13-6+. The fourth-order valence-electron chi connectivity index (χ4n) is 2.59. The summed E-state index contributed by atoms with van der Waals surface area (Å²) >= 11 is 6.41. The number of phenols is 1. The SMILES string of the molecule is Cc1ccc(N2C(=O)NC(=O)/C(=C\c3cc(Br)c(O)c(Br)c3)C2=O)cc1C. The number of carbonyl (C=O) groups is 3. The van der Waals surface area contributed by atoms with Crippen molar-refractivity contribution in [2.75, 3.05) is 4.90 Å². The molecule has 1 aliphatic rings. The normalized spacial score (nSPS) is 16.1. The number of anilines is 1. The average Bonchev–Trinajstić information content (AvgIpc) is 2.59. The van der Waals surface area contributed by atoms with E-state index in [0.29, 0.717) is 20.2 Å². The molecule has 0 aliphatic carbocycles. The number of rotatable bonds is 2. The van der Waals surface area contributed by atoms with Crippen LogP contribution in [0.15, 0.2) is 44.9 Å². The summed E-state index contributed by atoms with van der Waals surface area (Å²) in [6.45, 7) is 3.80. The van der Waals surface area contributed by atoms with Crippen LogP contribution in [0.2, 0.25) is 0 Å². The van der Waals surface area contributed by atoms with Gasteiger partial charge in [0.2, 0.25) is 0 Å². The lowest BCUT2D eigenvalue weighted by molar-refractivity contribution is -0.122. The molecule has 27 heavy (non-hydrogen) atoms. The number of imide groups is 2. The van der Waals surface area contributed by atoms with Crippen molar-refractivity contribution >= 4 is 61.5 Å². The highest BCUT2D eigenvalue weighted by Gasteiger charge is 2.36. The Bertz CT molecular complexity index is 1010. The number of aromatic hydroxyl groups is 1. The van der Waals surface area contributed by atoms with Crippen LogP contribution >= 0.6 is 31.9 Å². The van der Waals surface area contributed by atoms with E-state index in [1.807, 2.05) is 13.8 Å². The van der Waals surface area contributed by atoms with Crippen LogP contribution in [0.1, 0.15) is 16.7 Å². The second kappa shape index (κ2) is 7.28. The van der Waals surface area contributed by atoms with Gasteiger partial charge in [-0.05, 0) is 92.7 Å². The molecular formula is C19H14Br2N2O4. The molecular weight excluding hydrogens is 480 g/mol. The summed E-state index contributed by atoms with van der Waals surface area (Å²) in [4.78, 5) is 38.3. The molecule has 3 rings (SSSR count). The van der Waals surface area contributed by atoms with Crippen molar-refractivity contribution in [3.8, 4) is 5.75 Å². The second-order valence-electron chi connectivity index (χ2n) is 6.06. The molecule has 1 saturated heterocycles. The van der Waals surface area contributed by atoms with Gasteiger partial charge < -0.3 is 5.11 Å². The van der Waals surface area contributed by atoms with Gasteiger partial charge in [0, 0.05) is 0 Å². The van der Waals surface area contributed by atoms with Gasteiger partial charge >= 0.3 is 6.03 Å². The lowest BCUT2D eigenvalue weighted by atomic mass is 10.1. The fourth-order valence-corrected chi connectivity index (χ4v) is 3.81. The van der Waals surface area contributed by atoms with Crippen LogP contribution in [-0.2, 0) is 9.59 Å². The molecule has 0 bridgehead atoms. The number of urea groups is 1. The van der Waals surface area contributed by atoms with Crippen LogP contribution in [0.25, 0.3) is 6.08 Å². The Labute approximate surface area is 172 Å². The van der Waals surface area contributed by atoms with Gasteiger partial charge in [-0.25, -0.2) is 9.69 Å². The highest BCUT2D eigenvalue weighted by atomic mass is 79.9. The Kier molecular flexibility index (Phi) is 5.21. The van der Waals surface area contributed by atoms with E-state index in [0.717, 1.165) is 16.0 Å². The fraction of sp³-hybridized carbons (Fsp3) is 0.105. The number of amides is 4. The van der Waals surface area contributed by atoms with Gasteiger partial charge in [-0.1, -0.05) is 6.07 Å².